The molecule has 0 bridgehead atoms. The topological polar surface area (TPSA) is 25.1 Å². The van der Waals surface area contributed by atoms with Gasteiger partial charge >= 0.3 is 0 Å². The molecule has 2 saturated heterocycles. The third-order valence-corrected chi connectivity index (χ3v) is 9.44. The first kappa shape index (κ1) is 23.1. The van der Waals surface area contributed by atoms with Gasteiger partial charge in [-0.2, -0.15) is 0 Å². The summed E-state index contributed by atoms with van der Waals surface area (Å²) in [7, 11) is 0. The summed E-state index contributed by atoms with van der Waals surface area (Å²) in [5.74, 6) is 1.79. The zero-order chi connectivity index (χ0) is 20.8. The van der Waals surface area contributed by atoms with Gasteiger partial charge in [0.1, 0.15) is 0 Å². The maximum absolute atomic E-state index is 5.91. The minimum Gasteiger partial charge on any atom is -0.370 e. The van der Waals surface area contributed by atoms with Crippen molar-refractivity contribution in [3.8, 4) is 0 Å². The fraction of sp³-hybridized carbons (Fsp3) is 1.00. The highest BCUT2D eigenvalue weighted by atomic mass is 16.6. The maximum Gasteiger partial charge on any atom is 0.0844 e. The summed E-state index contributed by atoms with van der Waals surface area (Å²) in [6.07, 6.45) is 29.6. The third-order valence-electron chi connectivity index (χ3n) is 9.44. The van der Waals surface area contributed by atoms with Crippen LogP contribution in [0.25, 0.3) is 0 Å². The Balaban J connectivity index is 1.12. The van der Waals surface area contributed by atoms with Crippen molar-refractivity contribution in [2.75, 3.05) is 0 Å². The second-order valence-electron chi connectivity index (χ2n) is 11.6. The minimum atomic E-state index is 0.534. The molecule has 2 nitrogen and oxygen atoms in total. The monoisotopic (exact) mass is 418 g/mol. The molecule has 174 valence electrons. The lowest BCUT2D eigenvalue weighted by Crippen LogP contribution is -2.40. The van der Waals surface area contributed by atoms with E-state index in [-0.39, 0.29) is 0 Å². The molecule has 2 aliphatic heterocycles. The molecule has 4 aliphatic rings. The molecule has 2 heteroatoms. The van der Waals surface area contributed by atoms with Crippen molar-refractivity contribution in [1.82, 2.24) is 0 Å². The molecule has 0 amide bonds. The van der Waals surface area contributed by atoms with E-state index in [2.05, 4.69) is 13.8 Å². The van der Waals surface area contributed by atoms with Crippen LogP contribution in [0, 0.1) is 17.3 Å². The van der Waals surface area contributed by atoms with Gasteiger partial charge in [-0.1, -0.05) is 90.9 Å². The van der Waals surface area contributed by atoms with E-state index >= 15 is 0 Å². The van der Waals surface area contributed by atoms with Crippen molar-refractivity contribution in [3.05, 3.63) is 0 Å². The molecule has 0 aromatic carbocycles. The summed E-state index contributed by atoms with van der Waals surface area (Å²) in [6, 6.07) is 0. The van der Waals surface area contributed by atoms with Crippen LogP contribution < -0.4 is 0 Å². The van der Waals surface area contributed by atoms with Gasteiger partial charge in [-0.15, -0.1) is 0 Å². The van der Waals surface area contributed by atoms with Crippen molar-refractivity contribution in [1.29, 1.82) is 0 Å². The van der Waals surface area contributed by atoms with Crippen LogP contribution in [0.2, 0.25) is 0 Å². The summed E-state index contributed by atoms with van der Waals surface area (Å²) in [5.41, 5.74) is 0.534. The largest absolute Gasteiger partial charge is 0.370 e. The summed E-state index contributed by atoms with van der Waals surface area (Å²) >= 11 is 0. The second kappa shape index (κ2) is 11.2. The standard InChI is InChI=1S/C28H50O2/c1-3-4-5-6-7-8-9-10-11-12-13-14-19-28(2,22-15-17-24-26(20-22)29-24)23-16-18-25-27(21-23)30-25/h22-27H,3-21H2,1-2H3. The molecular weight excluding hydrogens is 368 g/mol. The normalized spacial score (nSPS) is 36.6. The average Bonchev–Trinajstić information content (AvgIpc) is 3.67. The van der Waals surface area contributed by atoms with E-state index in [1.807, 2.05) is 0 Å². The molecule has 2 heterocycles. The average molecular weight is 419 g/mol. The van der Waals surface area contributed by atoms with E-state index in [9.17, 15) is 0 Å². The van der Waals surface area contributed by atoms with Gasteiger partial charge in [-0.05, 0) is 62.2 Å². The predicted octanol–water partition coefficient (Wildman–Crippen LogP) is 8.22. The second-order valence-corrected chi connectivity index (χ2v) is 11.6. The first-order valence-corrected chi connectivity index (χ1v) is 14.0. The molecule has 4 fully saturated rings. The summed E-state index contributed by atoms with van der Waals surface area (Å²) < 4.78 is 11.8. The van der Waals surface area contributed by atoms with Crippen molar-refractivity contribution in [2.24, 2.45) is 17.3 Å². The molecule has 0 spiro atoms. The highest BCUT2D eigenvalue weighted by Gasteiger charge is 2.54. The number of rotatable bonds is 15. The zero-order valence-corrected chi connectivity index (χ0v) is 20.2. The highest BCUT2D eigenvalue weighted by molar-refractivity contribution is 5.03. The number of fused-ring (bicyclic) bond motifs is 2. The number of hydrogen-bond acceptors (Lipinski definition) is 2. The Hall–Kier alpha value is -0.0800. The van der Waals surface area contributed by atoms with Gasteiger partial charge in [0.05, 0.1) is 24.4 Å². The fourth-order valence-electron chi connectivity index (χ4n) is 7.09. The van der Waals surface area contributed by atoms with Crippen LogP contribution in [0.15, 0.2) is 0 Å². The number of unbranched alkanes of at least 4 members (excludes halogenated alkanes) is 11. The number of epoxide rings is 2. The molecule has 0 aromatic heterocycles. The van der Waals surface area contributed by atoms with E-state index in [0.717, 1.165) is 11.8 Å². The number of hydrogen-bond donors (Lipinski definition) is 0. The van der Waals surface area contributed by atoms with Crippen LogP contribution in [0.3, 0.4) is 0 Å². The van der Waals surface area contributed by atoms with Crippen molar-refractivity contribution in [3.63, 3.8) is 0 Å². The summed E-state index contributed by atoms with van der Waals surface area (Å²) in [6.45, 7) is 4.98. The van der Waals surface area contributed by atoms with Crippen molar-refractivity contribution in [2.45, 2.75) is 160 Å². The summed E-state index contributed by atoms with van der Waals surface area (Å²) in [5, 5.41) is 0. The fourth-order valence-corrected chi connectivity index (χ4v) is 7.09. The Morgan fingerprint density at radius 1 is 0.567 bits per heavy atom. The van der Waals surface area contributed by atoms with Gasteiger partial charge in [0.25, 0.3) is 0 Å². The Morgan fingerprint density at radius 2 is 1.00 bits per heavy atom. The third kappa shape index (κ3) is 6.25. The molecule has 6 unspecified atom stereocenters. The Labute approximate surface area is 187 Å². The van der Waals surface area contributed by atoms with E-state index in [0.29, 0.717) is 29.8 Å². The van der Waals surface area contributed by atoms with Crippen molar-refractivity contribution >= 4 is 0 Å². The van der Waals surface area contributed by atoms with Gasteiger partial charge in [0, 0.05) is 0 Å². The van der Waals surface area contributed by atoms with Gasteiger partial charge in [0.2, 0.25) is 0 Å². The smallest absolute Gasteiger partial charge is 0.0844 e. The van der Waals surface area contributed by atoms with Gasteiger partial charge in [0.15, 0.2) is 0 Å². The van der Waals surface area contributed by atoms with Crippen LogP contribution in [0.1, 0.15) is 136 Å². The molecule has 0 radical (unpaired) electrons. The van der Waals surface area contributed by atoms with E-state index in [1.165, 1.54) is 122 Å². The van der Waals surface area contributed by atoms with E-state index < -0.39 is 0 Å². The molecule has 2 saturated carbocycles. The lowest BCUT2D eigenvalue weighted by Gasteiger charge is -2.46. The molecule has 0 aromatic rings. The maximum atomic E-state index is 5.91. The SMILES string of the molecule is CCCCCCCCCCCCCCC(C)(C1CCC2OC2C1)C1CCC2OC2C1. The van der Waals surface area contributed by atoms with Crippen LogP contribution in [0.5, 0.6) is 0 Å². The van der Waals surface area contributed by atoms with Crippen LogP contribution in [0.4, 0.5) is 0 Å². The quantitative estimate of drug-likeness (QED) is 0.198. The lowest BCUT2D eigenvalue weighted by atomic mass is 9.58. The molecule has 6 atom stereocenters. The molecule has 4 rings (SSSR count). The van der Waals surface area contributed by atoms with Gasteiger partial charge < -0.3 is 9.47 Å². The van der Waals surface area contributed by atoms with Crippen LogP contribution >= 0.6 is 0 Å². The van der Waals surface area contributed by atoms with Crippen molar-refractivity contribution < 1.29 is 9.47 Å². The minimum absolute atomic E-state index is 0.534. The molecule has 0 N–H and O–H groups in total. The summed E-state index contributed by atoms with van der Waals surface area (Å²) in [4.78, 5) is 0. The van der Waals surface area contributed by atoms with E-state index in [4.69, 9.17) is 9.47 Å². The molecule has 2 aliphatic carbocycles. The number of ether oxygens (including phenoxy) is 2. The van der Waals surface area contributed by atoms with Gasteiger partial charge in [-0.25, -0.2) is 0 Å². The Kier molecular flexibility index (Phi) is 8.60. The van der Waals surface area contributed by atoms with Crippen LogP contribution in [-0.2, 0) is 9.47 Å². The highest BCUT2D eigenvalue weighted by Crippen LogP contribution is 2.56. The Morgan fingerprint density at radius 3 is 1.43 bits per heavy atom. The molecular formula is C28H50O2. The first-order chi connectivity index (χ1) is 14.7. The zero-order valence-electron chi connectivity index (χ0n) is 20.2. The van der Waals surface area contributed by atoms with Gasteiger partial charge in [-0.3, -0.25) is 0 Å². The lowest BCUT2D eigenvalue weighted by molar-refractivity contribution is 0.0365. The van der Waals surface area contributed by atoms with E-state index in [1.54, 1.807) is 0 Å². The predicted molar refractivity (Wildman–Crippen MR) is 126 cm³/mol. The first-order valence-electron chi connectivity index (χ1n) is 14.0. The molecule has 30 heavy (non-hydrogen) atoms. The Bertz CT molecular complexity index is 475. The van der Waals surface area contributed by atoms with Crippen LogP contribution in [-0.4, -0.2) is 24.4 Å².